The minimum absolute atomic E-state index is 0.0371. The maximum Gasteiger partial charge on any atom is 0.344 e. The molecule has 0 radical (unpaired) electrons. The molecule has 4 rings (SSSR count). The van der Waals surface area contributed by atoms with Crippen LogP contribution in [0.3, 0.4) is 0 Å². The summed E-state index contributed by atoms with van der Waals surface area (Å²) in [7, 11) is 0. The normalized spacial score (nSPS) is 10.9. The molecule has 0 bridgehead atoms. The molecule has 156 valence electrons. The first kappa shape index (κ1) is 20.1. The zero-order valence-electron chi connectivity index (χ0n) is 16.6. The Morgan fingerprint density at radius 2 is 1.68 bits per heavy atom. The second-order valence-corrected chi connectivity index (χ2v) is 6.76. The van der Waals surface area contributed by atoms with Crippen LogP contribution in [-0.4, -0.2) is 11.9 Å². The molecule has 0 aliphatic rings. The highest BCUT2D eigenvalue weighted by molar-refractivity contribution is 5.97. The fourth-order valence-electron chi connectivity index (χ4n) is 3.30. The number of rotatable bonds is 4. The lowest BCUT2D eigenvalue weighted by Crippen LogP contribution is -2.10. The van der Waals surface area contributed by atoms with E-state index in [1.165, 1.54) is 26.0 Å². The van der Waals surface area contributed by atoms with Gasteiger partial charge in [-0.15, -0.1) is 0 Å². The highest BCUT2D eigenvalue weighted by atomic mass is 16.5. The van der Waals surface area contributed by atoms with Crippen LogP contribution in [0.5, 0.6) is 5.75 Å². The molecule has 31 heavy (non-hydrogen) atoms. The van der Waals surface area contributed by atoms with Gasteiger partial charge in [-0.2, -0.15) is 0 Å². The van der Waals surface area contributed by atoms with E-state index in [0.717, 1.165) is 0 Å². The molecule has 0 fully saturated rings. The van der Waals surface area contributed by atoms with Gasteiger partial charge < -0.3 is 18.3 Å². The summed E-state index contributed by atoms with van der Waals surface area (Å²) in [5.74, 6) is -1.09. The second-order valence-electron chi connectivity index (χ2n) is 6.76. The van der Waals surface area contributed by atoms with E-state index >= 15 is 0 Å². The molecule has 0 atom stereocenters. The summed E-state index contributed by atoms with van der Waals surface area (Å²) in [6, 6.07) is 12.8. The number of benzene rings is 2. The first-order valence-corrected chi connectivity index (χ1v) is 9.28. The Labute approximate surface area is 174 Å². The van der Waals surface area contributed by atoms with E-state index in [0.29, 0.717) is 16.4 Å². The van der Waals surface area contributed by atoms with E-state index in [1.807, 2.05) is 0 Å². The van der Waals surface area contributed by atoms with Gasteiger partial charge in [0, 0.05) is 36.2 Å². The molecular formula is C23H16O8. The monoisotopic (exact) mass is 420 g/mol. The summed E-state index contributed by atoms with van der Waals surface area (Å²) in [5, 5.41) is 1.07. The lowest BCUT2D eigenvalue weighted by Gasteiger charge is -2.13. The first-order chi connectivity index (χ1) is 14.8. The van der Waals surface area contributed by atoms with Gasteiger partial charge in [0.2, 0.25) is 0 Å². The van der Waals surface area contributed by atoms with Crippen LogP contribution in [0.2, 0.25) is 0 Å². The molecule has 8 nitrogen and oxygen atoms in total. The Kier molecular flexibility index (Phi) is 5.12. The maximum absolute atomic E-state index is 12.7. The van der Waals surface area contributed by atoms with Gasteiger partial charge in [0.25, 0.3) is 0 Å². The van der Waals surface area contributed by atoms with E-state index in [2.05, 4.69) is 0 Å². The van der Waals surface area contributed by atoms with Crippen molar-refractivity contribution >= 4 is 33.9 Å². The van der Waals surface area contributed by atoms with Crippen molar-refractivity contribution < 1.29 is 27.9 Å². The summed E-state index contributed by atoms with van der Waals surface area (Å²) in [4.78, 5) is 47.8. The Bertz CT molecular complexity index is 1460. The van der Waals surface area contributed by atoms with Gasteiger partial charge in [-0.25, -0.2) is 9.59 Å². The molecule has 0 unspecified atom stereocenters. The molecule has 4 aromatic rings. The molecule has 0 aliphatic carbocycles. The van der Waals surface area contributed by atoms with Crippen LogP contribution in [0.1, 0.15) is 19.4 Å². The highest BCUT2D eigenvalue weighted by Crippen LogP contribution is 2.34. The number of ether oxygens (including phenoxy) is 2. The van der Waals surface area contributed by atoms with E-state index in [-0.39, 0.29) is 34.6 Å². The zero-order valence-corrected chi connectivity index (χ0v) is 16.6. The smallest absolute Gasteiger partial charge is 0.344 e. The number of para-hydroxylation sites is 1. The predicted molar refractivity (Wildman–Crippen MR) is 111 cm³/mol. The van der Waals surface area contributed by atoms with Crippen LogP contribution in [-0.2, 0) is 20.9 Å². The van der Waals surface area contributed by atoms with Crippen LogP contribution in [0.25, 0.3) is 33.1 Å². The molecule has 2 heterocycles. The summed E-state index contributed by atoms with van der Waals surface area (Å²) >= 11 is 0. The summed E-state index contributed by atoms with van der Waals surface area (Å²) in [6.45, 7) is 2.14. The van der Waals surface area contributed by atoms with Gasteiger partial charge in [0.1, 0.15) is 23.5 Å². The fourth-order valence-corrected chi connectivity index (χ4v) is 3.30. The van der Waals surface area contributed by atoms with Crippen molar-refractivity contribution in [1.29, 1.82) is 0 Å². The Morgan fingerprint density at radius 1 is 0.903 bits per heavy atom. The van der Waals surface area contributed by atoms with E-state index in [9.17, 15) is 19.2 Å². The average Bonchev–Trinajstić information content (AvgIpc) is 2.71. The molecule has 0 amide bonds. The predicted octanol–water partition coefficient (Wildman–Crippen LogP) is 3.55. The summed E-state index contributed by atoms with van der Waals surface area (Å²) < 4.78 is 21.0. The lowest BCUT2D eigenvalue weighted by atomic mass is 10.00. The molecule has 2 aromatic carbocycles. The van der Waals surface area contributed by atoms with Crippen molar-refractivity contribution in [1.82, 2.24) is 0 Å². The molecule has 0 saturated carbocycles. The SMILES string of the molecule is CC(=O)OCc1c(OC(C)=O)ccc2c(-c3cc4ccccc4oc3=O)cc(=O)oc12. The van der Waals surface area contributed by atoms with Crippen molar-refractivity contribution in [3.05, 3.63) is 74.9 Å². The lowest BCUT2D eigenvalue weighted by molar-refractivity contribution is -0.142. The molecule has 8 heteroatoms. The number of fused-ring (bicyclic) bond motifs is 2. The molecular weight excluding hydrogens is 404 g/mol. The largest absolute Gasteiger partial charge is 0.461 e. The van der Waals surface area contributed by atoms with Crippen molar-refractivity contribution in [2.75, 3.05) is 0 Å². The number of carbonyl (C=O) groups is 2. The minimum Gasteiger partial charge on any atom is -0.461 e. The Hall–Kier alpha value is -4.20. The topological polar surface area (TPSA) is 113 Å². The number of hydrogen-bond acceptors (Lipinski definition) is 8. The van der Waals surface area contributed by atoms with Crippen LogP contribution in [0.4, 0.5) is 0 Å². The van der Waals surface area contributed by atoms with Crippen molar-refractivity contribution in [3.8, 4) is 16.9 Å². The second kappa shape index (κ2) is 7.91. The molecule has 0 saturated heterocycles. The molecule has 2 aromatic heterocycles. The number of hydrogen-bond donors (Lipinski definition) is 0. The number of carbonyl (C=O) groups excluding carboxylic acids is 2. The number of esters is 2. The highest BCUT2D eigenvalue weighted by Gasteiger charge is 2.20. The van der Waals surface area contributed by atoms with Crippen molar-refractivity contribution in [3.63, 3.8) is 0 Å². The van der Waals surface area contributed by atoms with Gasteiger partial charge in [0.15, 0.2) is 0 Å². The van der Waals surface area contributed by atoms with E-state index in [1.54, 1.807) is 36.4 Å². The van der Waals surface area contributed by atoms with Crippen molar-refractivity contribution in [2.45, 2.75) is 20.5 Å². The summed E-state index contributed by atoms with van der Waals surface area (Å²) in [5.41, 5.74) is -0.284. The quantitative estimate of drug-likeness (QED) is 0.280. The average molecular weight is 420 g/mol. The minimum atomic E-state index is -0.737. The van der Waals surface area contributed by atoms with Gasteiger partial charge >= 0.3 is 23.2 Å². The van der Waals surface area contributed by atoms with Crippen LogP contribution < -0.4 is 16.0 Å². The van der Waals surface area contributed by atoms with Gasteiger partial charge in [-0.1, -0.05) is 18.2 Å². The van der Waals surface area contributed by atoms with E-state index < -0.39 is 23.2 Å². The van der Waals surface area contributed by atoms with Crippen LogP contribution in [0.15, 0.2) is 67.0 Å². The van der Waals surface area contributed by atoms with Crippen molar-refractivity contribution in [2.24, 2.45) is 0 Å². The first-order valence-electron chi connectivity index (χ1n) is 9.28. The third-order valence-corrected chi connectivity index (χ3v) is 4.58. The summed E-state index contributed by atoms with van der Waals surface area (Å²) in [6.07, 6.45) is 0. The maximum atomic E-state index is 12.7. The fraction of sp³-hybridized carbons (Fsp3) is 0.130. The standard InChI is InChI=1S/C23H16O8/c1-12(24)28-11-18-20(29-13(2)25)8-7-15-16(10-21(26)31-22(15)18)17-9-14-5-3-4-6-19(14)30-23(17)27/h3-10H,11H2,1-2H3. The van der Waals surface area contributed by atoms with Gasteiger partial charge in [-0.3, -0.25) is 9.59 Å². The molecule has 0 spiro atoms. The molecule has 0 N–H and O–H groups in total. The zero-order chi connectivity index (χ0) is 22.1. The third kappa shape index (κ3) is 3.95. The third-order valence-electron chi connectivity index (χ3n) is 4.58. The molecule has 0 aliphatic heterocycles. The van der Waals surface area contributed by atoms with Crippen LogP contribution >= 0.6 is 0 Å². The van der Waals surface area contributed by atoms with Crippen LogP contribution in [0, 0.1) is 0 Å². The Morgan fingerprint density at radius 3 is 2.42 bits per heavy atom. The Balaban J connectivity index is 2.02. The van der Waals surface area contributed by atoms with Gasteiger partial charge in [0.05, 0.1) is 11.1 Å². The van der Waals surface area contributed by atoms with E-state index in [4.69, 9.17) is 18.3 Å². The van der Waals surface area contributed by atoms with Gasteiger partial charge in [-0.05, 0) is 24.3 Å².